The van der Waals surface area contributed by atoms with E-state index in [9.17, 15) is 4.57 Å². The van der Waals surface area contributed by atoms with Gasteiger partial charge in [-0.15, -0.1) is 0 Å². The van der Waals surface area contributed by atoms with E-state index in [0.29, 0.717) is 6.61 Å². The molecule has 128 valence electrons. The third-order valence-corrected chi connectivity index (χ3v) is 5.98. The molecule has 1 saturated carbocycles. The van der Waals surface area contributed by atoms with E-state index in [1.54, 1.807) is 19.5 Å². The average Bonchev–Trinajstić information content (AvgIpc) is 3.00. The van der Waals surface area contributed by atoms with Crippen LogP contribution in [0.3, 0.4) is 0 Å². The van der Waals surface area contributed by atoms with Crippen LogP contribution in [0.1, 0.15) is 24.8 Å². The molecule has 24 heavy (non-hydrogen) atoms. The van der Waals surface area contributed by atoms with Crippen molar-refractivity contribution in [2.75, 3.05) is 18.6 Å². The van der Waals surface area contributed by atoms with E-state index >= 15 is 0 Å². The first-order chi connectivity index (χ1) is 11.5. The monoisotopic (exact) mass is 344 g/mol. The molecule has 0 saturated heterocycles. The fraction of sp³-hybridized carbons (Fsp3) is 0.421. The average molecular weight is 344 g/mol. The summed E-state index contributed by atoms with van der Waals surface area (Å²) in [7, 11) is -2.27. The molecule has 0 aliphatic heterocycles. The summed E-state index contributed by atoms with van der Waals surface area (Å²) in [6, 6.07) is 14.3. The Morgan fingerprint density at radius 3 is 2.75 bits per heavy atom. The normalized spacial score (nSPS) is 20.9. The van der Waals surface area contributed by atoms with Crippen molar-refractivity contribution in [2.45, 2.75) is 38.0 Å². The number of hydrogen-bond donors (Lipinski definition) is 1. The second-order valence-corrected chi connectivity index (χ2v) is 9.99. The number of anilines is 1. The zero-order chi connectivity index (χ0) is 17.0. The fourth-order valence-electron chi connectivity index (χ4n) is 3.09. The molecule has 1 aliphatic carbocycles. The summed E-state index contributed by atoms with van der Waals surface area (Å²) in [6.07, 6.45) is 5.19. The Kier molecular flexibility index (Phi) is 5.37. The molecule has 0 amide bonds. The number of pyridine rings is 1. The first kappa shape index (κ1) is 17.2. The zero-order valence-electron chi connectivity index (χ0n) is 14.3. The molecule has 1 aromatic carbocycles. The molecule has 1 aliphatic rings. The molecule has 2 aromatic rings. The highest BCUT2D eigenvalue weighted by Crippen LogP contribution is 2.35. The van der Waals surface area contributed by atoms with Crippen molar-refractivity contribution in [3.63, 3.8) is 0 Å². The standard InChI is InChI=1S/C19H25N2O2P/c1-24(2,22)16-11-12-20-19(13-16)21-17-9-6-10-18(17)23-14-15-7-4-3-5-8-15/h3-5,7-8,11-13,17-18H,6,9-10,14H2,1-2H3,(H,20,21)/t17-,18-/m1/s1. The lowest BCUT2D eigenvalue weighted by atomic mass is 10.2. The van der Waals surface area contributed by atoms with Gasteiger partial charge in [0.1, 0.15) is 13.0 Å². The van der Waals surface area contributed by atoms with Crippen molar-refractivity contribution in [2.24, 2.45) is 0 Å². The van der Waals surface area contributed by atoms with E-state index in [0.717, 1.165) is 30.4 Å². The molecule has 5 heteroatoms. The van der Waals surface area contributed by atoms with Crippen LogP contribution in [0.25, 0.3) is 0 Å². The first-order valence-corrected chi connectivity index (χ1v) is 11.1. The molecule has 0 unspecified atom stereocenters. The summed E-state index contributed by atoms with van der Waals surface area (Å²) in [5, 5.41) is 4.34. The summed E-state index contributed by atoms with van der Waals surface area (Å²) >= 11 is 0. The van der Waals surface area contributed by atoms with Gasteiger partial charge in [0.2, 0.25) is 0 Å². The van der Waals surface area contributed by atoms with E-state index in [2.05, 4.69) is 22.4 Å². The van der Waals surface area contributed by atoms with E-state index < -0.39 is 7.14 Å². The largest absolute Gasteiger partial charge is 0.371 e. The van der Waals surface area contributed by atoms with Gasteiger partial charge in [0.05, 0.1) is 18.8 Å². The van der Waals surface area contributed by atoms with Gasteiger partial charge in [-0.2, -0.15) is 0 Å². The molecule has 1 fully saturated rings. The van der Waals surface area contributed by atoms with Crippen molar-refractivity contribution in [3.05, 3.63) is 54.2 Å². The lowest BCUT2D eigenvalue weighted by molar-refractivity contribution is 0.0394. The number of nitrogens with zero attached hydrogens (tertiary/aromatic N) is 1. The van der Waals surface area contributed by atoms with Crippen LogP contribution in [0.15, 0.2) is 48.7 Å². The van der Waals surface area contributed by atoms with Crippen molar-refractivity contribution in [1.29, 1.82) is 0 Å². The highest BCUT2D eigenvalue weighted by Gasteiger charge is 2.28. The third-order valence-electron chi connectivity index (χ3n) is 4.46. The second-order valence-electron chi connectivity index (χ2n) is 6.77. The van der Waals surface area contributed by atoms with Crippen LogP contribution in [0.2, 0.25) is 0 Å². The zero-order valence-corrected chi connectivity index (χ0v) is 15.2. The Morgan fingerprint density at radius 2 is 2.00 bits per heavy atom. The number of aromatic nitrogens is 1. The van der Waals surface area contributed by atoms with Crippen molar-refractivity contribution < 1.29 is 9.30 Å². The Hall–Kier alpha value is -1.64. The topological polar surface area (TPSA) is 51.2 Å². The van der Waals surface area contributed by atoms with Crippen molar-refractivity contribution >= 4 is 18.3 Å². The molecule has 2 atom stereocenters. The van der Waals surface area contributed by atoms with Crippen LogP contribution in [-0.4, -0.2) is 30.5 Å². The van der Waals surface area contributed by atoms with Crippen LogP contribution >= 0.6 is 7.14 Å². The molecule has 0 spiro atoms. The second kappa shape index (κ2) is 7.50. The quantitative estimate of drug-likeness (QED) is 0.808. The molecular weight excluding hydrogens is 319 g/mol. The van der Waals surface area contributed by atoms with E-state index in [4.69, 9.17) is 4.74 Å². The van der Waals surface area contributed by atoms with Crippen molar-refractivity contribution in [1.82, 2.24) is 4.98 Å². The SMILES string of the molecule is CP(C)(=O)c1ccnc(N[C@@H]2CCC[C@H]2OCc2ccccc2)c1. The molecule has 1 N–H and O–H groups in total. The maximum absolute atomic E-state index is 12.2. The number of nitrogens with one attached hydrogen (secondary N) is 1. The van der Waals surface area contributed by atoms with Gasteiger partial charge in [-0.3, -0.25) is 0 Å². The number of ether oxygens (including phenoxy) is 1. The summed E-state index contributed by atoms with van der Waals surface area (Å²) < 4.78 is 18.4. The Morgan fingerprint density at radius 1 is 1.21 bits per heavy atom. The Bertz CT molecular complexity index is 714. The maximum atomic E-state index is 12.2. The van der Waals surface area contributed by atoms with Gasteiger partial charge in [0, 0.05) is 11.5 Å². The van der Waals surface area contributed by atoms with E-state index in [-0.39, 0.29) is 12.1 Å². The number of benzene rings is 1. The minimum Gasteiger partial charge on any atom is -0.371 e. The minimum atomic E-state index is -2.27. The van der Waals surface area contributed by atoms with E-state index in [1.807, 2.05) is 30.3 Å². The predicted molar refractivity (Wildman–Crippen MR) is 99.6 cm³/mol. The minimum absolute atomic E-state index is 0.186. The first-order valence-electron chi connectivity index (χ1n) is 8.46. The molecule has 0 radical (unpaired) electrons. The summed E-state index contributed by atoms with van der Waals surface area (Å²) in [5.74, 6) is 0.789. The number of rotatable bonds is 6. The van der Waals surface area contributed by atoms with Crippen LogP contribution in [0.4, 0.5) is 5.82 Å². The van der Waals surface area contributed by atoms with Gasteiger partial charge < -0.3 is 14.6 Å². The number of hydrogen-bond acceptors (Lipinski definition) is 4. The Balaban J connectivity index is 1.63. The molecular formula is C19H25N2O2P. The fourth-order valence-corrected chi connectivity index (χ4v) is 3.95. The van der Waals surface area contributed by atoms with Gasteiger partial charge in [0.15, 0.2) is 0 Å². The van der Waals surface area contributed by atoms with Gasteiger partial charge >= 0.3 is 0 Å². The van der Waals surface area contributed by atoms with Gasteiger partial charge in [-0.25, -0.2) is 4.98 Å². The summed E-state index contributed by atoms with van der Waals surface area (Å²) in [5.41, 5.74) is 1.20. The molecule has 1 aromatic heterocycles. The highest BCUT2D eigenvalue weighted by atomic mass is 31.2. The third kappa shape index (κ3) is 4.46. The molecule has 3 rings (SSSR count). The predicted octanol–water partition coefficient (Wildman–Crippen LogP) is 3.88. The summed E-state index contributed by atoms with van der Waals surface area (Å²) in [6.45, 7) is 4.21. The van der Waals surface area contributed by atoms with E-state index in [1.165, 1.54) is 5.56 Å². The van der Waals surface area contributed by atoms with Crippen LogP contribution < -0.4 is 10.6 Å². The molecule has 0 bridgehead atoms. The van der Waals surface area contributed by atoms with Crippen LogP contribution in [-0.2, 0) is 15.9 Å². The van der Waals surface area contributed by atoms with Crippen LogP contribution in [0, 0.1) is 0 Å². The van der Waals surface area contributed by atoms with Gasteiger partial charge in [-0.05, 0) is 50.3 Å². The smallest absolute Gasteiger partial charge is 0.126 e. The van der Waals surface area contributed by atoms with Gasteiger partial charge in [-0.1, -0.05) is 30.3 Å². The van der Waals surface area contributed by atoms with Crippen LogP contribution in [0.5, 0.6) is 0 Å². The molecule has 1 heterocycles. The van der Waals surface area contributed by atoms with Gasteiger partial charge in [0.25, 0.3) is 0 Å². The maximum Gasteiger partial charge on any atom is 0.126 e. The van der Waals surface area contributed by atoms with Crippen molar-refractivity contribution in [3.8, 4) is 0 Å². The lowest BCUT2D eigenvalue weighted by Crippen LogP contribution is -2.31. The Labute approximate surface area is 144 Å². The summed E-state index contributed by atoms with van der Waals surface area (Å²) in [4.78, 5) is 4.38. The molecule has 4 nitrogen and oxygen atoms in total. The highest BCUT2D eigenvalue weighted by molar-refractivity contribution is 7.70. The lowest BCUT2D eigenvalue weighted by Gasteiger charge is -2.22.